The van der Waals surface area contributed by atoms with Crippen molar-refractivity contribution in [3.8, 4) is 0 Å². The number of amides is 1. The van der Waals surface area contributed by atoms with Crippen LogP contribution < -0.4 is 16.6 Å². The van der Waals surface area contributed by atoms with E-state index in [1.807, 2.05) is 25.1 Å². The van der Waals surface area contributed by atoms with Gasteiger partial charge in [-0.2, -0.15) is 0 Å². The molecule has 1 amide bonds. The summed E-state index contributed by atoms with van der Waals surface area (Å²) >= 11 is 3.39. The zero-order chi connectivity index (χ0) is 13.8. The van der Waals surface area contributed by atoms with Crippen molar-refractivity contribution in [2.24, 2.45) is 5.84 Å². The van der Waals surface area contributed by atoms with Crippen LogP contribution in [0.25, 0.3) is 0 Å². The lowest BCUT2D eigenvalue weighted by molar-refractivity contribution is 0.102. The van der Waals surface area contributed by atoms with Gasteiger partial charge in [0, 0.05) is 22.6 Å². The lowest BCUT2D eigenvalue weighted by Crippen LogP contribution is -2.17. The van der Waals surface area contributed by atoms with E-state index in [9.17, 15) is 4.79 Å². The van der Waals surface area contributed by atoms with Gasteiger partial charge in [0.1, 0.15) is 0 Å². The molecule has 0 unspecified atom stereocenters. The summed E-state index contributed by atoms with van der Waals surface area (Å²) in [5.74, 6) is 5.10. The lowest BCUT2D eigenvalue weighted by atomic mass is 10.2. The molecule has 0 fully saturated rings. The van der Waals surface area contributed by atoms with Crippen LogP contribution in [-0.2, 0) is 0 Å². The Morgan fingerprint density at radius 3 is 2.84 bits per heavy atom. The van der Waals surface area contributed by atoms with Crippen molar-refractivity contribution >= 4 is 33.2 Å². The number of anilines is 2. The smallest absolute Gasteiger partial charge is 0.259 e. The fourth-order valence-electron chi connectivity index (χ4n) is 1.71. The van der Waals surface area contributed by atoms with Gasteiger partial charge in [-0.25, -0.2) is 0 Å². The third kappa shape index (κ3) is 3.30. The number of nitrogens with zero attached hydrogens (tertiary/aromatic N) is 1. The predicted molar refractivity (Wildman–Crippen MR) is 78.9 cm³/mol. The van der Waals surface area contributed by atoms with Gasteiger partial charge >= 0.3 is 0 Å². The van der Waals surface area contributed by atoms with Crippen molar-refractivity contribution < 1.29 is 4.79 Å². The number of nitrogens with one attached hydrogen (secondary N) is 2. The van der Waals surface area contributed by atoms with E-state index in [1.54, 1.807) is 12.3 Å². The van der Waals surface area contributed by atoms with E-state index in [2.05, 4.69) is 31.7 Å². The van der Waals surface area contributed by atoms with Crippen LogP contribution in [0.3, 0.4) is 0 Å². The third-order valence-electron chi connectivity index (χ3n) is 2.52. The quantitative estimate of drug-likeness (QED) is 0.600. The summed E-state index contributed by atoms with van der Waals surface area (Å²) in [6, 6.07) is 7.32. The van der Waals surface area contributed by atoms with Gasteiger partial charge < -0.3 is 10.7 Å². The molecule has 0 atom stereocenters. The van der Waals surface area contributed by atoms with Crippen LogP contribution in [-0.4, -0.2) is 10.9 Å². The predicted octanol–water partition coefficient (Wildman–Crippen LogP) is 2.69. The molecule has 1 heterocycles. The fraction of sp³-hybridized carbons (Fsp3) is 0.0769. The van der Waals surface area contributed by atoms with Crippen LogP contribution in [0.1, 0.15) is 15.9 Å². The number of benzene rings is 1. The van der Waals surface area contributed by atoms with Gasteiger partial charge in [-0.1, -0.05) is 15.9 Å². The second kappa shape index (κ2) is 5.81. The highest BCUT2D eigenvalue weighted by atomic mass is 79.9. The molecule has 1 aromatic heterocycles. The van der Waals surface area contributed by atoms with Gasteiger partial charge in [0.05, 0.1) is 11.3 Å². The highest BCUT2D eigenvalue weighted by molar-refractivity contribution is 9.10. The number of hydrogen-bond donors (Lipinski definition) is 3. The highest BCUT2D eigenvalue weighted by Gasteiger charge is 2.11. The number of nitrogens with two attached hydrogens (primary N) is 1. The van der Waals surface area contributed by atoms with E-state index in [1.165, 1.54) is 6.20 Å². The van der Waals surface area contributed by atoms with Crippen molar-refractivity contribution in [3.05, 3.63) is 52.3 Å². The Kier molecular flexibility index (Phi) is 4.13. The van der Waals surface area contributed by atoms with Gasteiger partial charge in [0.25, 0.3) is 5.91 Å². The number of aryl methyl sites for hydroxylation is 1. The Hall–Kier alpha value is -1.92. The van der Waals surface area contributed by atoms with Gasteiger partial charge in [0.15, 0.2) is 0 Å². The molecule has 0 aliphatic carbocycles. The highest BCUT2D eigenvalue weighted by Crippen LogP contribution is 2.20. The molecule has 6 heteroatoms. The Balaban J connectivity index is 2.25. The summed E-state index contributed by atoms with van der Waals surface area (Å²) in [6.07, 6.45) is 3.03. The minimum Gasteiger partial charge on any atom is -0.323 e. The Bertz CT molecular complexity index is 595. The molecule has 0 bridgehead atoms. The maximum absolute atomic E-state index is 12.2. The summed E-state index contributed by atoms with van der Waals surface area (Å²) in [7, 11) is 0. The maximum Gasteiger partial charge on any atom is 0.259 e. The molecule has 4 N–H and O–H groups in total. The fourth-order valence-corrected chi connectivity index (χ4v) is 2.32. The first-order chi connectivity index (χ1) is 9.10. The van der Waals surface area contributed by atoms with E-state index in [0.29, 0.717) is 16.9 Å². The first-order valence-corrected chi connectivity index (χ1v) is 6.38. The summed E-state index contributed by atoms with van der Waals surface area (Å²) < 4.78 is 0.908. The molecular weight excluding hydrogens is 308 g/mol. The van der Waals surface area contributed by atoms with Crippen LogP contribution in [0.2, 0.25) is 0 Å². The first-order valence-electron chi connectivity index (χ1n) is 5.59. The molecule has 0 radical (unpaired) electrons. The molecule has 0 spiro atoms. The van der Waals surface area contributed by atoms with E-state index in [-0.39, 0.29) is 5.91 Å². The minimum atomic E-state index is -0.265. The normalized spacial score (nSPS) is 10.1. The molecule has 0 aliphatic heterocycles. The van der Waals surface area contributed by atoms with Gasteiger partial charge in [-0.3, -0.25) is 15.6 Å². The average Bonchev–Trinajstić information content (AvgIpc) is 2.37. The monoisotopic (exact) mass is 320 g/mol. The third-order valence-corrected chi connectivity index (χ3v) is 2.98. The summed E-state index contributed by atoms with van der Waals surface area (Å²) in [5, 5.41) is 2.81. The minimum absolute atomic E-state index is 0.265. The van der Waals surface area contributed by atoms with Crippen molar-refractivity contribution in [2.75, 3.05) is 10.7 Å². The van der Waals surface area contributed by atoms with Crippen LogP contribution in [0.4, 0.5) is 11.4 Å². The number of rotatable bonds is 3. The first kappa shape index (κ1) is 13.5. The molecular formula is C13H13BrN4O. The molecule has 0 saturated heterocycles. The number of nitrogen functional groups attached to an aromatic ring is 1. The number of pyridine rings is 1. The molecule has 5 nitrogen and oxygen atoms in total. The molecule has 2 aromatic rings. The van der Waals surface area contributed by atoms with Crippen molar-refractivity contribution in [3.63, 3.8) is 0 Å². The molecule has 2 rings (SSSR count). The standard InChI is InChI=1S/C13H13BrN4O/c1-8-4-9(14)6-10(5-8)17-13(19)11-7-16-3-2-12(11)18-15/h2-7H,15H2,1H3,(H,16,18)(H,17,19). The van der Waals surface area contributed by atoms with Crippen LogP contribution in [0, 0.1) is 6.92 Å². The number of hydrogen-bond acceptors (Lipinski definition) is 4. The number of carbonyl (C=O) groups is 1. The molecule has 0 aliphatic rings. The van der Waals surface area contributed by atoms with Crippen molar-refractivity contribution in [1.29, 1.82) is 0 Å². The van der Waals surface area contributed by atoms with E-state index < -0.39 is 0 Å². The summed E-state index contributed by atoms with van der Waals surface area (Å²) in [4.78, 5) is 16.1. The SMILES string of the molecule is Cc1cc(Br)cc(NC(=O)c2cnccc2NN)c1. The Labute approximate surface area is 119 Å². The summed E-state index contributed by atoms with van der Waals surface area (Å²) in [5.41, 5.74) is 5.15. The molecule has 19 heavy (non-hydrogen) atoms. The second-order valence-corrected chi connectivity index (χ2v) is 4.95. The van der Waals surface area contributed by atoms with E-state index in [0.717, 1.165) is 10.0 Å². The average molecular weight is 321 g/mol. The second-order valence-electron chi connectivity index (χ2n) is 4.04. The number of aromatic nitrogens is 1. The van der Waals surface area contributed by atoms with Gasteiger partial charge in [-0.15, -0.1) is 0 Å². The van der Waals surface area contributed by atoms with Crippen LogP contribution >= 0.6 is 15.9 Å². The number of carbonyl (C=O) groups excluding carboxylic acids is 1. The molecule has 0 saturated carbocycles. The Morgan fingerprint density at radius 2 is 2.16 bits per heavy atom. The molecule has 1 aromatic carbocycles. The van der Waals surface area contributed by atoms with E-state index in [4.69, 9.17) is 5.84 Å². The van der Waals surface area contributed by atoms with Crippen molar-refractivity contribution in [1.82, 2.24) is 4.98 Å². The Morgan fingerprint density at radius 1 is 1.37 bits per heavy atom. The number of hydrazine groups is 1. The lowest BCUT2D eigenvalue weighted by Gasteiger charge is -2.10. The van der Waals surface area contributed by atoms with Gasteiger partial charge in [-0.05, 0) is 36.8 Å². The van der Waals surface area contributed by atoms with Crippen LogP contribution in [0.5, 0.6) is 0 Å². The van der Waals surface area contributed by atoms with E-state index >= 15 is 0 Å². The van der Waals surface area contributed by atoms with Gasteiger partial charge in [0.2, 0.25) is 0 Å². The van der Waals surface area contributed by atoms with Crippen molar-refractivity contribution in [2.45, 2.75) is 6.92 Å². The zero-order valence-electron chi connectivity index (χ0n) is 10.3. The maximum atomic E-state index is 12.2. The largest absolute Gasteiger partial charge is 0.323 e. The summed E-state index contributed by atoms with van der Waals surface area (Å²) in [6.45, 7) is 1.96. The number of halogens is 1. The zero-order valence-corrected chi connectivity index (χ0v) is 11.9. The van der Waals surface area contributed by atoms with Crippen LogP contribution in [0.15, 0.2) is 41.1 Å². The topological polar surface area (TPSA) is 80.0 Å². The molecule has 98 valence electrons.